The molecular formula is C17H20N2O3S. The van der Waals surface area contributed by atoms with Crippen LogP contribution in [0.3, 0.4) is 0 Å². The number of carbonyl (C=O) groups is 1. The second kappa shape index (κ2) is 7.10. The van der Waals surface area contributed by atoms with Gasteiger partial charge in [0, 0.05) is 4.88 Å². The zero-order valence-electron chi connectivity index (χ0n) is 13.0. The molecule has 1 aromatic heterocycles. The largest absolute Gasteiger partial charge is 0.484 e. The van der Waals surface area contributed by atoms with Crippen LogP contribution in [0.25, 0.3) is 0 Å². The normalized spacial score (nSPS) is 14.3. The van der Waals surface area contributed by atoms with Gasteiger partial charge in [0.2, 0.25) is 0 Å². The van der Waals surface area contributed by atoms with Gasteiger partial charge in [0.25, 0.3) is 5.91 Å². The summed E-state index contributed by atoms with van der Waals surface area (Å²) in [6.45, 7) is 1.87. The van der Waals surface area contributed by atoms with Crippen molar-refractivity contribution in [3.8, 4) is 5.75 Å². The molecule has 1 amide bonds. The first-order chi connectivity index (χ1) is 11.2. The molecule has 23 heavy (non-hydrogen) atoms. The maximum atomic E-state index is 11.9. The Kier molecular flexibility index (Phi) is 4.93. The highest BCUT2D eigenvalue weighted by Gasteiger charge is 2.17. The second-order valence-electron chi connectivity index (χ2n) is 5.57. The second-order valence-corrected chi connectivity index (χ2v) is 6.66. The van der Waals surface area contributed by atoms with E-state index < -0.39 is 6.10 Å². The van der Waals surface area contributed by atoms with Gasteiger partial charge in [0.15, 0.2) is 11.7 Å². The average molecular weight is 332 g/mol. The Morgan fingerprint density at radius 3 is 2.87 bits per heavy atom. The van der Waals surface area contributed by atoms with E-state index in [1.54, 1.807) is 23.5 Å². The molecule has 2 N–H and O–H groups in total. The maximum Gasteiger partial charge on any atom is 0.264 e. The fraction of sp³-hybridized carbons (Fsp3) is 0.412. The van der Waals surface area contributed by atoms with E-state index >= 15 is 0 Å². The number of carbonyl (C=O) groups excluding carboxylic acids is 1. The number of aliphatic hydroxyl groups is 1. The van der Waals surface area contributed by atoms with E-state index in [9.17, 15) is 9.90 Å². The van der Waals surface area contributed by atoms with Crippen LogP contribution in [0.15, 0.2) is 24.3 Å². The lowest BCUT2D eigenvalue weighted by atomic mass is 10.1. The summed E-state index contributed by atoms with van der Waals surface area (Å²) in [5.41, 5.74) is 1.97. The van der Waals surface area contributed by atoms with E-state index in [-0.39, 0.29) is 12.5 Å². The Bertz CT molecular complexity index is 660. The molecular weight excluding hydrogens is 312 g/mol. The van der Waals surface area contributed by atoms with Crippen molar-refractivity contribution in [2.24, 2.45) is 0 Å². The quantitative estimate of drug-likeness (QED) is 0.853. The molecule has 0 saturated carbocycles. The Morgan fingerprint density at radius 1 is 1.39 bits per heavy atom. The number of hydrogen-bond donors (Lipinski definition) is 2. The number of aromatic nitrogens is 1. The van der Waals surface area contributed by atoms with Gasteiger partial charge in [-0.25, -0.2) is 4.98 Å². The van der Waals surface area contributed by atoms with Crippen molar-refractivity contribution in [3.05, 3.63) is 40.4 Å². The molecule has 1 atom stereocenters. The summed E-state index contributed by atoms with van der Waals surface area (Å²) in [5.74, 6) is 0.393. The molecule has 0 unspecified atom stereocenters. The van der Waals surface area contributed by atoms with E-state index in [0.717, 1.165) is 30.5 Å². The lowest BCUT2D eigenvalue weighted by molar-refractivity contribution is -0.118. The van der Waals surface area contributed by atoms with Crippen LogP contribution < -0.4 is 10.1 Å². The molecule has 1 aliphatic carbocycles. The first-order valence-corrected chi connectivity index (χ1v) is 8.66. The van der Waals surface area contributed by atoms with E-state index in [1.165, 1.54) is 4.88 Å². The fourth-order valence-corrected chi connectivity index (χ4v) is 3.64. The van der Waals surface area contributed by atoms with Crippen LogP contribution in [0.4, 0.5) is 5.13 Å². The number of benzene rings is 1. The molecule has 1 aromatic carbocycles. The van der Waals surface area contributed by atoms with Gasteiger partial charge in [0.05, 0.1) is 11.8 Å². The number of nitrogens with one attached hydrogen (secondary N) is 1. The molecule has 1 aliphatic rings. The Balaban J connectivity index is 1.50. The Hall–Kier alpha value is -1.92. The first kappa shape index (κ1) is 16.0. The third-order valence-corrected chi connectivity index (χ3v) is 4.94. The van der Waals surface area contributed by atoms with Crippen LogP contribution in [0.1, 0.15) is 42.0 Å². The van der Waals surface area contributed by atoms with Crippen molar-refractivity contribution in [2.75, 3.05) is 11.9 Å². The summed E-state index contributed by atoms with van der Waals surface area (Å²) < 4.78 is 5.47. The molecule has 0 bridgehead atoms. The molecule has 122 valence electrons. The summed E-state index contributed by atoms with van der Waals surface area (Å²) >= 11 is 1.55. The molecule has 0 fully saturated rings. The number of aliphatic hydroxyl groups excluding tert-OH is 1. The van der Waals surface area contributed by atoms with Crippen molar-refractivity contribution < 1.29 is 14.6 Å². The fourth-order valence-electron chi connectivity index (χ4n) is 2.57. The molecule has 3 rings (SSSR count). The molecule has 5 nitrogen and oxygen atoms in total. The number of aryl methyl sites for hydroxylation is 2. The minimum atomic E-state index is -0.459. The SMILES string of the molecule is CC[C@@H](O)c1ccc(OCC(=O)Nc2nc3c(s2)CCC3)cc1. The molecule has 1 heterocycles. The third-order valence-electron chi connectivity index (χ3n) is 3.86. The van der Waals surface area contributed by atoms with Crippen LogP contribution in [-0.2, 0) is 17.6 Å². The van der Waals surface area contributed by atoms with Gasteiger partial charge in [-0.3, -0.25) is 10.1 Å². The van der Waals surface area contributed by atoms with Crippen molar-refractivity contribution in [1.82, 2.24) is 4.98 Å². The van der Waals surface area contributed by atoms with Crippen LogP contribution in [0.2, 0.25) is 0 Å². The van der Waals surface area contributed by atoms with Crippen LogP contribution in [-0.4, -0.2) is 22.6 Å². The number of anilines is 1. The van der Waals surface area contributed by atoms with E-state index in [1.807, 2.05) is 19.1 Å². The smallest absolute Gasteiger partial charge is 0.264 e. The van der Waals surface area contributed by atoms with Crippen molar-refractivity contribution in [1.29, 1.82) is 0 Å². The molecule has 2 aromatic rings. The van der Waals surface area contributed by atoms with Crippen molar-refractivity contribution in [2.45, 2.75) is 38.7 Å². The van der Waals surface area contributed by atoms with Gasteiger partial charge >= 0.3 is 0 Å². The molecule has 6 heteroatoms. The highest BCUT2D eigenvalue weighted by atomic mass is 32.1. The van der Waals surface area contributed by atoms with E-state index in [2.05, 4.69) is 10.3 Å². The van der Waals surface area contributed by atoms with Gasteiger partial charge < -0.3 is 9.84 Å². The number of nitrogens with zero attached hydrogens (tertiary/aromatic N) is 1. The number of ether oxygens (including phenoxy) is 1. The summed E-state index contributed by atoms with van der Waals surface area (Å²) in [6, 6.07) is 7.15. The number of hydrogen-bond acceptors (Lipinski definition) is 5. The summed E-state index contributed by atoms with van der Waals surface area (Å²) in [6.07, 6.45) is 3.44. The minimum absolute atomic E-state index is 0.0556. The van der Waals surface area contributed by atoms with E-state index in [4.69, 9.17) is 4.74 Å². The zero-order chi connectivity index (χ0) is 16.2. The monoisotopic (exact) mass is 332 g/mol. The first-order valence-electron chi connectivity index (χ1n) is 7.85. The molecule has 0 spiro atoms. The predicted octanol–water partition coefficient (Wildman–Crippen LogP) is 3.09. The van der Waals surface area contributed by atoms with Gasteiger partial charge in [-0.05, 0) is 43.4 Å². The average Bonchev–Trinajstić information content (AvgIpc) is 3.14. The van der Waals surface area contributed by atoms with E-state index in [0.29, 0.717) is 17.3 Å². The summed E-state index contributed by atoms with van der Waals surface area (Å²) in [5, 5.41) is 13.2. The maximum absolute atomic E-state index is 11.9. The van der Waals surface area contributed by atoms with Crippen LogP contribution in [0, 0.1) is 0 Å². The highest BCUT2D eigenvalue weighted by Crippen LogP contribution is 2.30. The topological polar surface area (TPSA) is 71.5 Å². The standard InChI is InChI=1S/C17H20N2O3S/c1-2-14(20)11-6-8-12(9-7-11)22-10-16(21)19-17-18-13-4-3-5-15(13)23-17/h6-9,14,20H,2-5,10H2,1H3,(H,18,19,21)/t14-/m1/s1. The Morgan fingerprint density at radius 2 is 2.17 bits per heavy atom. The van der Waals surface area contributed by atoms with Crippen LogP contribution in [0.5, 0.6) is 5.75 Å². The number of thiazole rings is 1. The van der Waals surface area contributed by atoms with Gasteiger partial charge in [-0.15, -0.1) is 11.3 Å². The molecule has 0 saturated heterocycles. The van der Waals surface area contributed by atoms with Crippen LogP contribution >= 0.6 is 11.3 Å². The lowest BCUT2D eigenvalue weighted by Crippen LogP contribution is -2.20. The van der Waals surface area contributed by atoms with Crippen molar-refractivity contribution in [3.63, 3.8) is 0 Å². The van der Waals surface area contributed by atoms with Gasteiger partial charge in [0.1, 0.15) is 5.75 Å². The van der Waals surface area contributed by atoms with Gasteiger partial charge in [-0.2, -0.15) is 0 Å². The lowest BCUT2D eigenvalue weighted by Gasteiger charge is -2.10. The highest BCUT2D eigenvalue weighted by molar-refractivity contribution is 7.15. The number of amides is 1. The molecule has 0 aliphatic heterocycles. The Labute approximate surface area is 139 Å². The minimum Gasteiger partial charge on any atom is -0.484 e. The third kappa shape index (κ3) is 3.89. The predicted molar refractivity (Wildman–Crippen MR) is 90.0 cm³/mol. The summed E-state index contributed by atoms with van der Waals surface area (Å²) in [4.78, 5) is 17.6. The summed E-state index contributed by atoms with van der Waals surface area (Å²) in [7, 11) is 0. The number of fused-ring (bicyclic) bond motifs is 1. The number of rotatable bonds is 6. The zero-order valence-corrected chi connectivity index (χ0v) is 13.9. The van der Waals surface area contributed by atoms with Crippen molar-refractivity contribution >= 4 is 22.4 Å². The molecule has 0 radical (unpaired) electrons. The van der Waals surface area contributed by atoms with Gasteiger partial charge in [-0.1, -0.05) is 19.1 Å².